The molecule has 0 spiro atoms. The topological polar surface area (TPSA) is 69.6 Å². The van der Waals surface area contributed by atoms with Crippen molar-refractivity contribution in [1.29, 1.82) is 0 Å². The van der Waals surface area contributed by atoms with Gasteiger partial charge in [0.15, 0.2) is 0 Å². The first-order chi connectivity index (χ1) is 10.1. The Morgan fingerprint density at radius 2 is 2.10 bits per heavy atom. The van der Waals surface area contributed by atoms with Crippen molar-refractivity contribution < 1.29 is 14.7 Å². The maximum Gasteiger partial charge on any atom is 0.308 e. The number of carboxylic acids is 1. The van der Waals surface area contributed by atoms with Crippen LogP contribution in [0.5, 0.6) is 0 Å². The van der Waals surface area contributed by atoms with Crippen LogP contribution in [0.25, 0.3) is 0 Å². The zero-order valence-corrected chi connectivity index (χ0v) is 13.6. The molecular weight excluding hydrogens is 383 g/mol. The summed E-state index contributed by atoms with van der Waals surface area (Å²) >= 11 is 2.18. The van der Waals surface area contributed by atoms with Gasteiger partial charge in [-0.1, -0.05) is 12.1 Å². The Morgan fingerprint density at radius 1 is 1.33 bits per heavy atom. The van der Waals surface area contributed by atoms with E-state index in [4.69, 9.17) is 0 Å². The molecule has 3 atom stereocenters. The Kier molecular flexibility index (Phi) is 4.17. The zero-order valence-electron chi connectivity index (χ0n) is 11.5. The number of halogens is 1. The Labute approximate surface area is 136 Å². The smallest absolute Gasteiger partial charge is 0.308 e. The highest BCUT2D eigenvalue weighted by atomic mass is 127. The molecule has 0 saturated carbocycles. The van der Waals surface area contributed by atoms with E-state index < -0.39 is 5.97 Å². The van der Waals surface area contributed by atoms with Gasteiger partial charge in [-0.15, -0.1) is 0 Å². The Bertz CT molecular complexity index is 578. The molecular formula is C15H17IN2O3. The van der Waals surface area contributed by atoms with Crippen LogP contribution >= 0.6 is 22.6 Å². The number of carbonyl (C=O) groups excluding carboxylic acids is 1. The number of aliphatic carboxylic acids is 1. The molecule has 6 heteroatoms. The highest BCUT2D eigenvalue weighted by molar-refractivity contribution is 14.1. The van der Waals surface area contributed by atoms with Gasteiger partial charge in [0.1, 0.15) is 0 Å². The van der Waals surface area contributed by atoms with Gasteiger partial charge in [0.25, 0.3) is 0 Å². The lowest BCUT2D eigenvalue weighted by Gasteiger charge is -2.22. The van der Waals surface area contributed by atoms with Gasteiger partial charge in [-0.25, -0.2) is 0 Å². The first-order valence-electron chi connectivity index (χ1n) is 7.09. The molecule has 1 aromatic carbocycles. The quantitative estimate of drug-likeness (QED) is 0.761. The number of carboxylic acid groups (broad SMARTS) is 1. The van der Waals surface area contributed by atoms with E-state index in [2.05, 4.69) is 32.8 Å². The third kappa shape index (κ3) is 2.91. The highest BCUT2D eigenvalue weighted by Crippen LogP contribution is 2.41. The lowest BCUT2D eigenvalue weighted by molar-refractivity contribution is -0.142. The number of para-hydroxylation sites is 1. The number of hydrogen-bond acceptors (Lipinski definition) is 3. The van der Waals surface area contributed by atoms with Crippen LogP contribution < -0.4 is 5.32 Å². The number of nitrogens with one attached hydrogen (secondary N) is 1. The van der Waals surface area contributed by atoms with Gasteiger partial charge in [-0.05, 0) is 54.0 Å². The molecule has 1 aromatic rings. The van der Waals surface area contributed by atoms with Crippen molar-refractivity contribution in [3.63, 3.8) is 0 Å². The predicted molar refractivity (Wildman–Crippen MR) is 87.0 cm³/mol. The summed E-state index contributed by atoms with van der Waals surface area (Å²) in [5.74, 6) is -1.11. The lowest BCUT2D eigenvalue weighted by atomic mass is 9.89. The first kappa shape index (κ1) is 14.8. The van der Waals surface area contributed by atoms with Gasteiger partial charge in [-0.2, -0.15) is 0 Å². The van der Waals surface area contributed by atoms with Crippen molar-refractivity contribution >= 4 is 40.2 Å². The molecule has 0 aliphatic carbocycles. The third-order valence-corrected chi connectivity index (χ3v) is 5.41. The number of fused-ring (bicyclic) bond motifs is 2. The van der Waals surface area contributed by atoms with Gasteiger partial charge in [0.2, 0.25) is 5.91 Å². The molecule has 0 aromatic heterocycles. The number of amides is 1. The van der Waals surface area contributed by atoms with Crippen molar-refractivity contribution in [2.45, 2.75) is 31.3 Å². The van der Waals surface area contributed by atoms with Crippen molar-refractivity contribution in [3.05, 3.63) is 27.8 Å². The minimum Gasteiger partial charge on any atom is -0.481 e. The second kappa shape index (κ2) is 5.92. The second-order valence-electron chi connectivity index (χ2n) is 5.68. The molecule has 0 radical (unpaired) electrons. The largest absolute Gasteiger partial charge is 0.481 e. The summed E-state index contributed by atoms with van der Waals surface area (Å²) in [5, 5.41) is 12.1. The molecule has 2 aliphatic heterocycles. The summed E-state index contributed by atoms with van der Waals surface area (Å²) in [4.78, 5) is 25.5. The molecule has 3 unspecified atom stereocenters. The summed E-state index contributed by atoms with van der Waals surface area (Å²) < 4.78 is 0.997. The average molecular weight is 400 g/mol. The molecule has 21 heavy (non-hydrogen) atoms. The Morgan fingerprint density at radius 3 is 2.76 bits per heavy atom. The molecule has 2 fully saturated rings. The van der Waals surface area contributed by atoms with Crippen LogP contribution in [0.2, 0.25) is 0 Å². The van der Waals surface area contributed by atoms with E-state index in [-0.39, 0.29) is 30.5 Å². The number of anilines is 1. The van der Waals surface area contributed by atoms with Crippen molar-refractivity contribution in [2.75, 3.05) is 11.9 Å². The van der Waals surface area contributed by atoms with E-state index in [1.807, 2.05) is 24.3 Å². The second-order valence-corrected chi connectivity index (χ2v) is 6.84. The maximum atomic E-state index is 12.2. The predicted octanol–water partition coefficient (Wildman–Crippen LogP) is 2.17. The minimum absolute atomic E-state index is 0.0214. The fourth-order valence-corrected chi connectivity index (χ4v) is 4.05. The van der Waals surface area contributed by atoms with Gasteiger partial charge in [0, 0.05) is 15.7 Å². The van der Waals surface area contributed by atoms with Crippen LogP contribution in [0.15, 0.2) is 24.3 Å². The monoisotopic (exact) mass is 400 g/mol. The van der Waals surface area contributed by atoms with E-state index in [0.717, 1.165) is 22.1 Å². The lowest BCUT2D eigenvalue weighted by Crippen LogP contribution is -2.38. The van der Waals surface area contributed by atoms with Gasteiger partial charge >= 0.3 is 5.97 Å². The number of nitrogens with zero attached hydrogens (tertiary/aromatic N) is 1. The fraction of sp³-hybridized carbons (Fsp3) is 0.467. The molecule has 2 bridgehead atoms. The number of carbonyl (C=O) groups is 2. The minimum atomic E-state index is -0.731. The van der Waals surface area contributed by atoms with E-state index in [1.54, 1.807) is 0 Å². The van der Waals surface area contributed by atoms with Crippen LogP contribution in [-0.4, -0.2) is 40.5 Å². The molecule has 2 aliphatic rings. The number of rotatable bonds is 4. The molecule has 1 amide bonds. The first-order valence-corrected chi connectivity index (χ1v) is 8.17. The summed E-state index contributed by atoms with van der Waals surface area (Å²) in [6.07, 6.45) is 2.57. The Balaban J connectivity index is 1.64. The molecule has 2 heterocycles. The van der Waals surface area contributed by atoms with Gasteiger partial charge < -0.3 is 10.4 Å². The van der Waals surface area contributed by atoms with E-state index in [1.165, 1.54) is 0 Å². The molecule has 3 rings (SSSR count). The van der Waals surface area contributed by atoms with E-state index in [0.29, 0.717) is 6.42 Å². The van der Waals surface area contributed by atoms with E-state index in [9.17, 15) is 14.7 Å². The van der Waals surface area contributed by atoms with Crippen molar-refractivity contribution in [1.82, 2.24) is 4.90 Å². The number of hydrogen-bond donors (Lipinski definition) is 2. The van der Waals surface area contributed by atoms with Crippen molar-refractivity contribution in [3.8, 4) is 0 Å². The van der Waals surface area contributed by atoms with E-state index >= 15 is 0 Å². The van der Waals surface area contributed by atoms with Crippen LogP contribution in [0, 0.1) is 9.49 Å². The summed E-state index contributed by atoms with van der Waals surface area (Å²) in [7, 11) is 0. The van der Waals surface area contributed by atoms with Crippen LogP contribution in [0.1, 0.15) is 19.3 Å². The molecule has 2 saturated heterocycles. The summed E-state index contributed by atoms with van der Waals surface area (Å²) in [5.41, 5.74) is 0.810. The van der Waals surface area contributed by atoms with Crippen LogP contribution in [0.3, 0.4) is 0 Å². The summed E-state index contributed by atoms with van der Waals surface area (Å²) in [6, 6.07) is 7.90. The fourth-order valence-electron chi connectivity index (χ4n) is 3.53. The van der Waals surface area contributed by atoms with Gasteiger partial charge in [-0.3, -0.25) is 14.5 Å². The van der Waals surface area contributed by atoms with Crippen LogP contribution in [-0.2, 0) is 9.59 Å². The molecule has 112 valence electrons. The van der Waals surface area contributed by atoms with Crippen LogP contribution in [0.4, 0.5) is 5.69 Å². The molecule has 2 N–H and O–H groups in total. The summed E-state index contributed by atoms with van der Waals surface area (Å²) in [6.45, 7) is 0.282. The Hall–Kier alpha value is -1.15. The van der Waals surface area contributed by atoms with Crippen molar-refractivity contribution in [2.24, 2.45) is 5.92 Å². The number of benzene rings is 1. The SMILES string of the molecule is O=C(CN1C2CCC1C(C(=O)O)C2)Nc1ccccc1I. The normalized spacial score (nSPS) is 27.8. The zero-order chi connectivity index (χ0) is 15.0. The average Bonchev–Trinajstić information content (AvgIpc) is 2.98. The third-order valence-electron chi connectivity index (χ3n) is 4.47. The maximum absolute atomic E-state index is 12.2. The standard InChI is InChI=1S/C15H17IN2O3/c16-11-3-1-2-4-12(11)17-14(19)8-18-9-5-6-13(18)10(7-9)15(20)21/h1-4,9-10,13H,5-8H2,(H,17,19)(H,20,21). The molecule has 5 nitrogen and oxygen atoms in total. The highest BCUT2D eigenvalue weighted by Gasteiger charge is 2.49. The van der Waals surface area contributed by atoms with Gasteiger partial charge in [0.05, 0.1) is 18.2 Å².